The molecule has 0 aromatic heterocycles. The number of anilines is 1. The molecule has 0 saturated carbocycles. The van der Waals surface area contributed by atoms with Crippen molar-refractivity contribution in [3.8, 4) is 0 Å². The van der Waals surface area contributed by atoms with Crippen LogP contribution in [0, 0.1) is 0 Å². The summed E-state index contributed by atoms with van der Waals surface area (Å²) in [5.74, 6) is -0.307. The highest BCUT2D eigenvalue weighted by molar-refractivity contribution is 9.10. The molecule has 0 spiro atoms. The predicted octanol–water partition coefficient (Wildman–Crippen LogP) is 2.94. The maximum atomic E-state index is 11.9. The van der Waals surface area contributed by atoms with Crippen LogP contribution in [-0.4, -0.2) is 22.2 Å². The fourth-order valence-electron chi connectivity index (χ4n) is 1.36. The predicted molar refractivity (Wildman–Crippen MR) is 80.7 cm³/mol. The molecule has 0 aliphatic heterocycles. The number of amides is 2. The number of carbonyl (C=O) groups excluding carboxylic acids is 2. The standard InChI is InChI=1S/C14H19BrN2O2/c1-9(2)16-12(18)10-6-5-7-11(8-10)17-13(19)14(3,4)15/h5-9H,1-4H3,(H,16,18)(H,17,19). The second-order valence-electron chi connectivity index (χ2n) is 5.14. The molecular formula is C14H19BrN2O2. The Labute approximate surface area is 122 Å². The highest BCUT2D eigenvalue weighted by atomic mass is 79.9. The van der Waals surface area contributed by atoms with Gasteiger partial charge >= 0.3 is 0 Å². The summed E-state index contributed by atoms with van der Waals surface area (Å²) in [6.07, 6.45) is 0. The summed E-state index contributed by atoms with van der Waals surface area (Å²) in [5.41, 5.74) is 1.13. The van der Waals surface area contributed by atoms with Crippen LogP contribution in [0.3, 0.4) is 0 Å². The zero-order chi connectivity index (χ0) is 14.6. The van der Waals surface area contributed by atoms with Crippen LogP contribution in [0.5, 0.6) is 0 Å². The van der Waals surface area contributed by atoms with Crippen molar-refractivity contribution < 1.29 is 9.59 Å². The number of benzene rings is 1. The molecular weight excluding hydrogens is 308 g/mol. The number of hydrogen-bond donors (Lipinski definition) is 2. The summed E-state index contributed by atoms with van der Waals surface area (Å²) in [6.45, 7) is 7.32. The van der Waals surface area contributed by atoms with Gasteiger partial charge in [0.2, 0.25) is 5.91 Å². The highest BCUT2D eigenvalue weighted by Crippen LogP contribution is 2.19. The molecule has 19 heavy (non-hydrogen) atoms. The van der Waals surface area contributed by atoms with E-state index in [4.69, 9.17) is 0 Å². The van der Waals surface area contributed by atoms with Crippen LogP contribution >= 0.6 is 15.9 Å². The lowest BCUT2D eigenvalue weighted by Gasteiger charge is -2.16. The average Bonchev–Trinajstić information content (AvgIpc) is 2.27. The van der Waals surface area contributed by atoms with Gasteiger partial charge in [0, 0.05) is 17.3 Å². The van der Waals surface area contributed by atoms with Gasteiger partial charge in [0.15, 0.2) is 0 Å². The molecule has 0 radical (unpaired) electrons. The topological polar surface area (TPSA) is 58.2 Å². The third-order valence-electron chi connectivity index (χ3n) is 2.34. The number of hydrogen-bond acceptors (Lipinski definition) is 2. The first kappa shape index (κ1) is 15.7. The summed E-state index contributed by atoms with van der Waals surface area (Å²) in [4.78, 5) is 23.7. The van der Waals surface area contributed by atoms with Crippen molar-refractivity contribution >= 4 is 33.4 Å². The summed E-state index contributed by atoms with van der Waals surface area (Å²) in [7, 11) is 0. The third kappa shape index (κ3) is 5.03. The molecule has 1 aromatic carbocycles. The molecule has 0 saturated heterocycles. The van der Waals surface area contributed by atoms with Crippen LogP contribution < -0.4 is 10.6 Å². The van der Waals surface area contributed by atoms with E-state index in [-0.39, 0.29) is 17.9 Å². The van der Waals surface area contributed by atoms with Gasteiger partial charge in [0.05, 0.1) is 4.32 Å². The van der Waals surface area contributed by atoms with Crippen LogP contribution in [0.25, 0.3) is 0 Å². The minimum absolute atomic E-state index is 0.0761. The summed E-state index contributed by atoms with van der Waals surface area (Å²) < 4.78 is -0.650. The number of halogens is 1. The Morgan fingerprint density at radius 3 is 2.42 bits per heavy atom. The van der Waals surface area contributed by atoms with E-state index in [0.29, 0.717) is 11.3 Å². The number of nitrogens with one attached hydrogen (secondary N) is 2. The van der Waals surface area contributed by atoms with Crippen molar-refractivity contribution in [3.05, 3.63) is 29.8 Å². The maximum absolute atomic E-state index is 11.9. The second kappa shape index (κ2) is 6.19. The Bertz CT molecular complexity index is 479. The third-order valence-corrected chi connectivity index (χ3v) is 2.70. The molecule has 0 unspecified atom stereocenters. The molecule has 0 fully saturated rings. The van der Waals surface area contributed by atoms with E-state index in [2.05, 4.69) is 26.6 Å². The van der Waals surface area contributed by atoms with E-state index in [0.717, 1.165) is 0 Å². The van der Waals surface area contributed by atoms with Crippen molar-refractivity contribution in [2.45, 2.75) is 38.1 Å². The summed E-state index contributed by atoms with van der Waals surface area (Å²) >= 11 is 3.29. The van der Waals surface area contributed by atoms with Crippen molar-refractivity contribution in [1.29, 1.82) is 0 Å². The Hall–Kier alpha value is -1.36. The molecule has 5 heteroatoms. The Morgan fingerprint density at radius 2 is 1.89 bits per heavy atom. The lowest BCUT2D eigenvalue weighted by Crippen LogP contribution is -2.31. The minimum atomic E-state index is -0.650. The van der Waals surface area contributed by atoms with Crippen LogP contribution in [0.2, 0.25) is 0 Å². The second-order valence-corrected chi connectivity index (χ2v) is 7.12. The van der Waals surface area contributed by atoms with Gasteiger partial charge < -0.3 is 10.6 Å². The molecule has 0 atom stereocenters. The first-order valence-corrected chi connectivity index (χ1v) is 6.90. The molecule has 2 N–H and O–H groups in total. The van der Waals surface area contributed by atoms with Gasteiger partial charge in [-0.1, -0.05) is 22.0 Å². The van der Waals surface area contributed by atoms with Crippen LogP contribution in [-0.2, 0) is 4.79 Å². The first-order chi connectivity index (χ1) is 8.70. The van der Waals surface area contributed by atoms with E-state index in [1.54, 1.807) is 38.1 Å². The average molecular weight is 327 g/mol. The van der Waals surface area contributed by atoms with Gasteiger partial charge in [0.1, 0.15) is 0 Å². The molecule has 0 bridgehead atoms. The van der Waals surface area contributed by atoms with Gasteiger partial charge in [-0.25, -0.2) is 0 Å². The van der Waals surface area contributed by atoms with Gasteiger partial charge in [-0.2, -0.15) is 0 Å². The molecule has 0 aliphatic carbocycles. The Balaban J connectivity index is 2.83. The number of alkyl halides is 1. The van der Waals surface area contributed by atoms with E-state index >= 15 is 0 Å². The molecule has 104 valence electrons. The lowest BCUT2D eigenvalue weighted by molar-refractivity contribution is -0.117. The minimum Gasteiger partial charge on any atom is -0.350 e. The van der Waals surface area contributed by atoms with Crippen molar-refractivity contribution in [2.75, 3.05) is 5.32 Å². The van der Waals surface area contributed by atoms with Gasteiger partial charge in [-0.05, 0) is 45.9 Å². The Kier molecular flexibility index (Phi) is 5.11. The van der Waals surface area contributed by atoms with E-state index in [1.165, 1.54) is 0 Å². The lowest BCUT2D eigenvalue weighted by atomic mass is 10.1. The molecule has 1 aromatic rings. The van der Waals surface area contributed by atoms with Crippen LogP contribution in [0.4, 0.5) is 5.69 Å². The zero-order valence-electron chi connectivity index (χ0n) is 11.6. The Morgan fingerprint density at radius 1 is 1.26 bits per heavy atom. The summed E-state index contributed by atoms with van der Waals surface area (Å²) in [5, 5.41) is 5.57. The van der Waals surface area contributed by atoms with Gasteiger partial charge in [-0.3, -0.25) is 9.59 Å². The van der Waals surface area contributed by atoms with Crippen LogP contribution in [0.1, 0.15) is 38.1 Å². The normalized spacial score (nSPS) is 11.3. The summed E-state index contributed by atoms with van der Waals surface area (Å²) in [6, 6.07) is 6.95. The highest BCUT2D eigenvalue weighted by Gasteiger charge is 2.23. The van der Waals surface area contributed by atoms with Gasteiger partial charge in [-0.15, -0.1) is 0 Å². The fourth-order valence-corrected chi connectivity index (χ4v) is 1.46. The largest absolute Gasteiger partial charge is 0.350 e. The van der Waals surface area contributed by atoms with E-state index in [1.807, 2.05) is 13.8 Å². The molecule has 1 rings (SSSR count). The zero-order valence-corrected chi connectivity index (χ0v) is 13.2. The number of carbonyl (C=O) groups is 2. The van der Waals surface area contributed by atoms with Crippen LogP contribution in [0.15, 0.2) is 24.3 Å². The SMILES string of the molecule is CC(C)NC(=O)c1cccc(NC(=O)C(C)(C)Br)c1. The van der Waals surface area contributed by atoms with Crippen molar-refractivity contribution in [2.24, 2.45) is 0 Å². The molecule has 4 nitrogen and oxygen atoms in total. The smallest absolute Gasteiger partial charge is 0.251 e. The molecule has 0 aliphatic rings. The first-order valence-electron chi connectivity index (χ1n) is 6.11. The quantitative estimate of drug-likeness (QED) is 0.836. The molecule has 2 amide bonds. The van der Waals surface area contributed by atoms with Crippen molar-refractivity contribution in [3.63, 3.8) is 0 Å². The monoisotopic (exact) mass is 326 g/mol. The van der Waals surface area contributed by atoms with E-state index < -0.39 is 4.32 Å². The van der Waals surface area contributed by atoms with Gasteiger partial charge in [0.25, 0.3) is 5.91 Å². The van der Waals surface area contributed by atoms with Crippen molar-refractivity contribution in [1.82, 2.24) is 5.32 Å². The fraction of sp³-hybridized carbons (Fsp3) is 0.429. The maximum Gasteiger partial charge on any atom is 0.251 e. The molecule has 0 heterocycles. The number of rotatable bonds is 4. The van der Waals surface area contributed by atoms with E-state index in [9.17, 15) is 9.59 Å².